The van der Waals surface area contributed by atoms with Crippen molar-refractivity contribution in [2.75, 3.05) is 19.6 Å². The highest BCUT2D eigenvalue weighted by molar-refractivity contribution is 6.07. The van der Waals surface area contributed by atoms with Crippen LogP contribution < -0.4 is 0 Å². The van der Waals surface area contributed by atoms with Crippen LogP contribution in [0.3, 0.4) is 0 Å². The summed E-state index contributed by atoms with van der Waals surface area (Å²) in [5, 5.41) is 0. The Kier molecular flexibility index (Phi) is 6.64. The molecule has 2 saturated heterocycles. The molecule has 0 saturated carbocycles. The van der Waals surface area contributed by atoms with Crippen molar-refractivity contribution in [2.45, 2.75) is 44.8 Å². The molecule has 0 bridgehead atoms. The first-order valence-electron chi connectivity index (χ1n) is 12.4. The molecule has 180 valence electrons. The van der Waals surface area contributed by atoms with E-state index in [1.165, 1.54) is 10.5 Å². The maximum absolute atomic E-state index is 13.9. The third kappa shape index (κ3) is 4.84. The van der Waals surface area contributed by atoms with Crippen LogP contribution in [0.4, 0.5) is 4.79 Å². The Morgan fingerprint density at radius 3 is 2.11 bits per heavy atom. The van der Waals surface area contributed by atoms with Gasteiger partial charge in [-0.05, 0) is 49.4 Å². The summed E-state index contributed by atoms with van der Waals surface area (Å²) in [6.07, 6.45) is 2.02. The van der Waals surface area contributed by atoms with Crippen molar-refractivity contribution >= 4 is 11.9 Å². The molecule has 0 radical (unpaired) electrons. The molecule has 3 amide bonds. The number of hydrogen-bond acceptors (Lipinski definition) is 4. The molecule has 2 aliphatic rings. The first kappa shape index (κ1) is 23.2. The van der Waals surface area contributed by atoms with Gasteiger partial charge in [0.15, 0.2) is 0 Å². The summed E-state index contributed by atoms with van der Waals surface area (Å²) in [5.41, 5.74) is 3.43. The number of nitrogens with zero attached hydrogens (tertiary/aromatic N) is 4. The molecule has 3 heterocycles. The molecular formula is C29H32N4O2. The molecule has 1 spiro atoms. The Bertz CT molecular complexity index is 1170. The Morgan fingerprint density at radius 1 is 0.800 bits per heavy atom. The molecule has 6 nitrogen and oxygen atoms in total. The van der Waals surface area contributed by atoms with Gasteiger partial charge in [-0.1, -0.05) is 66.7 Å². The highest BCUT2D eigenvalue weighted by Crippen LogP contribution is 2.38. The minimum Gasteiger partial charge on any atom is -0.309 e. The number of aromatic nitrogens is 1. The van der Waals surface area contributed by atoms with E-state index < -0.39 is 5.54 Å². The topological polar surface area (TPSA) is 56.8 Å². The fourth-order valence-electron chi connectivity index (χ4n) is 5.36. The average molecular weight is 469 g/mol. The number of benzene rings is 2. The van der Waals surface area contributed by atoms with Gasteiger partial charge in [-0.2, -0.15) is 0 Å². The predicted octanol–water partition coefficient (Wildman–Crippen LogP) is 4.43. The third-order valence-electron chi connectivity index (χ3n) is 7.29. The fraction of sp³-hybridized carbons (Fsp3) is 0.345. The second kappa shape index (κ2) is 10.0. The summed E-state index contributed by atoms with van der Waals surface area (Å²) in [6, 6.07) is 25.9. The van der Waals surface area contributed by atoms with Crippen LogP contribution in [-0.4, -0.2) is 56.8 Å². The largest absolute Gasteiger partial charge is 0.328 e. The second-order valence-electron chi connectivity index (χ2n) is 9.62. The first-order valence-corrected chi connectivity index (χ1v) is 12.4. The monoisotopic (exact) mass is 468 g/mol. The van der Waals surface area contributed by atoms with Crippen LogP contribution >= 0.6 is 0 Å². The van der Waals surface area contributed by atoms with Crippen molar-refractivity contribution in [3.63, 3.8) is 0 Å². The van der Waals surface area contributed by atoms with Crippen molar-refractivity contribution in [3.05, 3.63) is 101 Å². The lowest BCUT2D eigenvalue weighted by Gasteiger charge is -2.42. The molecule has 0 N–H and O–H groups in total. The quantitative estimate of drug-likeness (QED) is 0.482. The third-order valence-corrected chi connectivity index (χ3v) is 7.29. The number of carbonyl (C=O) groups is 2. The van der Waals surface area contributed by atoms with E-state index in [0.717, 1.165) is 43.0 Å². The van der Waals surface area contributed by atoms with Crippen molar-refractivity contribution in [1.29, 1.82) is 0 Å². The molecule has 3 aromatic rings. The van der Waals surface area contributed by atoms with E-state index in [-0.39, 0.29) is 11.9 Å². The van der Waals surface area contributed by atoms with Crippen LogP contribution in [0.2, 0.25) is 0 Å². The Hall–Kier alpha value is -3.51. The van der Waals surface area contributed by atoms with Crippen LogP contribution in [-0.2, 0) is 24.3 Å². The van der Waals surface area contributed by atoms with Gasteiger partial charge in [-0.25, -0.2) is 4.79 Å². The van der Waals surface area contributed by atoms with E-state index in [1.54, 1.807) is 0 Å². The summed E-state index contributed by atoms with van der Waals surface area (Å²) < 4.78 is 0. The van der Waals surface area contributed by atoms with Crippen LogP contribution in [0.15, 0.2) is 78.9 Å². The number of amides is 3. The van der Waals surface area contributed by atoms with Gasteiger partial charge in [-0.3, -0.25) is 19.6 Å². The Labute approximate surface area is 207 Å². The predicted molar refractivity (Wildman–Crippen MR) is 135 cm³/mol. The fourth-order valence-corrected chi connectivity index (χ4v) is 5.36. The van der Waals surface area contributed by atoms with Crippen LogP contribution in [0.1, 0.15) is 35.4 Å². The van der Waals surface area contributed by atoms with E-state index in [9.17, 15) is 9.59 Å². The van der Waals surface area contributed by atoms with Crippen LogP contribution in [0, 0.1) is 6.92 Å². The molecule has 1 aromatic heterocycles. The zero-order valence-corrected chi connectivity index (χ0v) is 20.3. The minimum atomic E-state index is -0.767. The molecule has 2 aliphatic heterocycles. The van der Waals surface area contributed by atoms with E-state index >= 15 is 0 Å². The minimum absolute atomic E-state index is 0.0484. The molecular weight excluding hydrogens is 436 g/mol. The standard InChI is InChI=1S/C29H32N4O2/c1-23-9-8-14-26(30-23)22-31-19-16-29(17-20-31)27(34)32(21-25-12-6-3-7-13-25)28(35)33(29)18-15-24-10-4-2-5-11-24/h2-14H,15-22H2,1H3. The number of piperidine rings is 1. The summed E-state index contributed by atoms with van der Waals surface area (Å²) >= 11 is 0. The second-order valence-corrected chi connectivity index (χ2v) is 9.62. The van der Waals surface area contributed by atoms with Gasteiger partial charge in [0.1, 0.15) is 5.54 Å². The molecule has 0 aliphatic carbocycles. The first-order chi connectivity index (χ1) is 17.0. The summed E-state index contributed by atoms with van der Waals surface area (Å²) in [7, 11) is 0. The number of imide groups is 1. The van der Waals surface area contributed by atoms with Crippen LogP contribution in [0.5, 0.6) is 0 Å². The van der Waals surface area contributed by atoms with Crippen LogP contribution in [0.25, 0.3) is 0 Å². The summed E-state index contributed by atoms with van der Waals surface area (Å²) in [4.78, 5) is 37.8. The summed E-state index contributed by atoms with van der Waals surface area (Å²) in [6.45, 7) is 5.14. The lowest BCUT2D eigenvalue weighted by molar-refractivity contribution is -0.136. The van der Waals surface area contributed by atoms with Gasteiger partial charge in [0.2, 0.25) is 0 Å². The molecule has 2 fully saturated rings. The van der Waals surface area contributed by atoms with Gasteiger partial charge < -0.3 is 4.90 Å². The zero-order valence-electron chi connectivity index (χ0n) is 20.3. The Morgan fingerprint density at radius 2 is 1.46 bits per heavy atom. The van der Waals surface area contributed by atoms with E-state index in [2.05, 4.69) is 28.1 Å². The van der Waals surface area contributed by atoms with Gasteiger partial charge >= 0.3 is 6.03 Å². The number of carbonyl (C=O) groups excluding carboxylic acids is 2. The average Bonchev–Trinajstić information content (AvgIpc) is 3.06. The number of rotatable bonds is 7. The van der Waals surface area contributed by atoms with Crippen molar-refractivity contribution in [1.82, 2.24) is 19.7 Å². The van der Waals surface area contributed by atoms with E-state index in [4.69, 9.17) is 0 Å². The summed E-state index contributed by atoms with van der Waals surface area (Å²) in [5.74, 6) is -0.0484. The van der Waals surface area contributed by atoms with Crippen molar-refractivity contribution < 1.29 is 9.59 Å². The van der Waals surface area contributed by atoms with Crippen molar-refractivity contribution in [3.8, 4) is 0 Å². The normalized spacial score (nSPS) is 18.0. The molecule has 35 heavy (non-hydrogen) atoms. The van der Waals surface area contributed by atoms with Gasteiger partial charge in [0.25, 0.3) is 5.91 Å². The lowest BCUT2D eigenvalue weighted by Crippen LogP contribution is -2.56. The maximum Gasteiger partial charge on any atom is 0.328 e. The maximum atomic E-state index is 13.9. The number of urea groups is 1. The molecule has 5 rings (SSSR count). The van der Waals surface area contributed by atoms with Gasteiger partial charge in [-0.15, -0.1) is 0 Å². The smallest absolute Gasteiger partial charge is 0.309 e. The number of aryl methyl sites for hydroxylation is 1. The van der Waals surface area contributed by atoms with E-state index in [0.29, 0.717) is 25.9 Å². The number of likely N-dealkylation sites (tertiary alicyclic amines) is 1. The molecule has 6 heteroatoms. The van der Waals surface area contributed by atoms with E-state index in [1.807, 2.05) is 72.5 Å². The number of hydrogen-bond donors (Lipinski definition) is 0. The molecule has 0 unspecified atom stereocenters. The molecule has 0 atom stereocenters. The van der Waals surface area contributed by atoms with Crippen molar-refractivity contribution in [2.24, 2.45) is 0 Å². The number of pyridine rings is 1. The highest BCUT2D eigenvalue weighted by atomic mass is 16.2. The SMILES string of the molecule is Cc1cccc(CN2CCC3(CC2)C(=O)N(Cc2ccccc2)C(=O)N3CCc2ccccc2)n1. The Balaban J connectivity index is 1.35. The van der Waals surface area contributed by atoms with Gasteiger partial charge in [0.05, 0.1) is 12.2 Å². The zero-order chi connectivity index (χ0) is 24.3. The van der Waals surface area contributed by atoms with Gasteiger partial charge in [0, 0.05) is 31.9 Å². The highest BCUT2D eigenvalue weighted by Gasteiger charge is 2.57. The molecule has 2 aromatic carbocycles. The lowest BCUT2D eigenvalue weighted by atomic mass is 9.85.